The van der Waals surface area contributed by atoms with Crippen molar-refractivity contribution in [2.45, 2.75) is 32.2 Å². The van der Waals surface area contributed by atoms with Gasteiger partial charge in [0, 0.05) is 53.9 Å². The number of pyridine rings is 2. The zero-order valence-corrected chi connectivity index (χ0v) is 26.2. The quantitative estimate of drug-likeness (QED) is 0.177. The van der Waals surface area contributed by atoms with Gasteiger partial charge in [0.25, 0.3) is 0 Å². The van der Waals surface area contributed by atoms with Crippen molar-refractivity contribution >= 4 is 34.0 Å². The smallest absolute Gasteiger partial charge is 0.227 e. The Balaban J connectivity index is 1.20. The third-order valence-corrected chi connectivity index (χ3v) is 9.05. The SMILES string of the molecule is COc1ccc(CNc2nc3ccc(-c4cncc(NC(=O)C5CCCC5)c4)cc3cc2-c2ccc(N3CCOCC3)cc2)cc1. The Kier molecular flexibility index (Phi) is 8.78. The number of anilines is 3. The Bertz CT molecular complexity index is 1810. The van der Waals surface area contributed by atoms with Gasteiger partial charge in [0.15, 0.2) is 0 Å². The molecule has 234 valence electrons. The molecule has 2 fully saturated rings. The number of carbonyl (C=O) groups excluding carboxylic acids is 1. The number of aromatic nitrogens is 2. The Labute approximate surface area is 269 Å². The zero-order chi connectivity index (χ0) is 31.3. The lowest BCUT2D eigenvalue weighted by Gasteiger charge is -2.29. The number of nitrogens with zero attached hydrogens (tertiary/aromatic N) is 3. The highest BCUT2D eigenvalue weighted by molar-refractivity contribution is 5.94. The van der Waals surface area contributed by atoms with Crippen LogP contribution in [0.15, 0.2) is 91.3 Å². The van der Waals surface area contributed by atoms with E-state index in [9.17, 15) is 4.79 Å². The van der Waals surface area contributed by atoms with E-state index in [-0.39, 0.29) is 11.8 Å². The molecule has 2 N–H and O–H groups in total. The molecule has 2 aliphatic rings. The molecule has 1 amide bonds. The van der Waals surface area contributed by atoms with Crippen LogP contribution < -0.4 is 20.3 Å². The van der Waals surface area contributed by atoms with Crippen LogP contribution in [0.5, 0.6) is 5.75 Å². The number of hydrogen-bond acceptors (Lipinski definition) is 7. The lowest BCUT2D eigenvalue weighted by atomic mass is 10.00. The van der Waals surface area contributed by atoms with Gasteiger partial charge in [0.2, 0.25) is 5.91 Å². The Hall–Kier alpha value is -4.95. The number of amides is 1. The van der Waals surface area contributed by atoms with E-state index in [0.717, 1.165) is 108 Å². The molecule has 3 heterocycles. The van der Waals surface area contributed by atoms with Gasteiger partial charge in [0.05, 0.1) is 37.7 Å². The molecular formula is C38H39N5O3. The number of methoxy groups -OCH3 is 1. The van der Waals surface area contributed by atoms with Crippen molar-refractivity contribution in [3.63, 3.8) is 0 Å². The van der Waals surface area contributed by atoms with Crippen LogP contribution in [0.4, 0.5) is 17.2 Å². The molecule has 8 heteroatoms. The summed E-state index contributed by atoms with van der Waals surface area (Å²) in [5, 5.41) is 7.72. The van der Waals surface area contributed by atoms with Gasteiger partial charge in [-0.2, -0.15) is 0 Å². The molecule has 1 aliphatic carbocycles. The molecule has 8 nitrogen and oxygen atoms in total. The van der Waals surface area contributed by atoms with Crippen LogP contribution in [0.2, 0.25) is 0 Å². The average molecular weight is 614 g/mol. The van der Waals surface area contributed by atoms with Crippen molar-refractivity contribution in [1.82, 2.24) is 9.97 Å². The van der Waals surface area contributed by atoms with Gasteiger partial charge in [-0.15, -0.1) is 0 Å². The highest BCUT2D eigenvalue weighted by Crippen LogP contribution is 2.34. The van der Waals surface area contributed by atoms with E-state index < -0.39 is 0 Å². The Morgan fingerprint density at radius 2 is 1.65 bits per heavy atom. The predicted molar refractivity (Wildman–Crippen MR) is 184 cm³/mol. The summed E-state index contributed by atoms with van der Waals surface area (Å²) in [5.74, 6) is 1.86. The van der Waals surface area contributed by atoms with Crippen LogP contribution in [-0.4, -0.2) is 49.3 Å². The first kappa shape index (κ1) is 29.7. The molecule has 2 aromatic heterocycles. The van der Waals surface area contributed by atoms with Crippen LogP contribution in [0.3, 0.4) is 0 Å². The van der Waals surface area contributed by atoms with Gasteiger partial charge >= 0.3 is 0 Å². The van der Waals surface area contributed by atoms with E-state index in [1.807, 2.05) is 24.4 Å². The standard InChI is InChI=1S/C38H39N5O3/c1-45-34-13-6-26(7-14-34)23-40-37-35(27-8-11-33(12-9-27)43-16-18-46-19-17-43)22-30-20-29(10-15-36(30)42-37)31-21-32(25-39-24-31)41-38(44)28-4-2-3-5-28/h6-15,20-22,24-25,28H,2-5,16-19,23H2,1H3,(H,40,42)(H,41,44). The number of fused-ring (bicyclic) bond motifs is 1. The second-order valence-electron chi connectivity index (χ2n) is 12.1. The fourth-order valence-electron chi connectivity index (χ4n) is 6.41. The molecule has 1 saturated heterocycles. The lowest BCUT2D eigenvalue weighted by molar-refractivity contribution is -0.119. The molecule has 0 atom stereocenters. The van der Waals surface area contributed by atoms with Crippen molar-refractivity contribution in [3.05, 3.63) is 96.8 Å². The summed E-state index contributed by atoms with van der Waals surface area (Å²) in [5.41, 5.74) is 8.05. The highest BCUT2D eigenvalue weighted by atomic mass is 16.5. The summed E-state index contributed by atoms with van der Waals surface area (Å²) in [7, 11) is 1.68. The number of rotatable bonds is 9. The largest absolute Gasteiger partial charge is 0.497 e. The summed E-state index contributed by atoms with van der Waals surface area (Å²) >= 11 is 0. The third kappa shape index (κ3) is 6.67. The van der Waals surface area contributed by atoms with Crippen LogP contribution >= 0.6 is 0 Å². The molecule has 0 spiro atoms. The van der Waals surface area contributed by atoms with Crippen LogP contribution in [0.25, 0.3) is 33.2 Å². The van der Waals surface area contributed by atoms with Gasteiger partial charge in [-0.1, -0.05) is 43.2 Å². The van der Waals surface area contributed by atoms with Gasteiger partial charge in [-0.05, 0) is 78.1 Å². The molecule has 1 saturated carbocycles. The molecule has 3 aromatic carbocycles. The molecule has 5 aromatic rings. The normalized spacial score (nSPS) is 15.2. The molecule has 0 unspecified atom stereocenters. The molecule has 0 radical (unpaired) electrons. The summed E-state index contributed by atoms with van der Waals surface area (Å²) < 4.78 is 10.9. The number of hydrogen-bond donors (Lipinski definition) is 2. The minimum Gasteiger partial charge on any atom is -0.497 e. The van der Waals surface area contributed by atoms with Crippen molar-refractivity contribution in [2.75, 3.05) is 48.9 Å². The van der Waals surface area contributed by atoms with E-state index >= 15 is 0 Å². The van der Waals surface area contributed by atoms with Crippen molar-refractivity contribution in [1.29, 1.82) is 0 Å². The fourth-order valence-corrected chi connectivity index (χ4v) is 6.41. The molecule has 0 bridgehead atoms. The van der Waals surface area contributed by atoms with Gasteiger partial charge in [-0.25, -0.2) is 4.98 Å². The van der Waals surface area contributed by atoms with E-state index in [4.69, 9.17) is 14.5 Å². The first-order valence-corrected chi connectivity index (χ1v) is 16.1. The molecular weight excluding hydrogens is 574 g/mol. The maximum atomic E-state index is 12.8. The summed E-state index contributed by atoms with van der Waals surface area (Å²) in [4.78, 5) is 24.7. The molecule has 7 rings (SSSR count). The second-order valence-corrected chi connectivity index (χ2v) is 12.1. The maximum Gasteiger partial charge on any atom is 0.227 e. The summed E-state index contributed by atoms with van der Waals surface area (Å²) in [6, 6.07) is 27.3. The topological polar surface area (TPSA) is 88.6 Å². The van der Waals surface area contributed by atoms with E-state index in [0.29, 0.717) is 6.54 Å². The van der Waals surface area contributed by atoms with Crippen LogP contribution in [0, 0.1) is 5.92 Å². The Morgan fingerprint density at radius 3 is 2.41 bits per heavy atom. The summed E-state index contributed by atoms with van der Waals surface area (Å²) in [6.07, 6.45) is 7.74. The fraction of sp³-hybridized carbons (Fsp3) is 0.289. The summed E-state index contributed by atoms with van der Waals surface area (Å²) in [6.45, 7) is 3.93. The van der Waals surface area contributed by atoms with Crippen LogP contribution in [0.1, 0.15) is 31.2 Å². The van der Waals surface area contributed by atoms with E-state index in [1.165, 1.54) is 5.69 Å². The highest BCUT2D eigenvalue weighted by Gasteiger charge is 2.23. The second kappa shape index (κ2) is 13.6. The van der Waals surface area contributed by atoms with Crippen LogP contribution in [-0.2, 0) is 16.1 Å². The minimum absolute atomic E-state index is 0.0955. The number of benzene rings is 3. The molecule has 46 heavy (non-hydrogen) atoms. The average Bonchev–Trinajstić information content (AvgIpc) is 3.67. The first-order chi connectivity index (χ1) is 22.6. The van der Waals surface area contributed by atoms with Crippen molar-refractivity contribution < 1.29 is 14.3 Å². The van der Waals surface area contributed by atoms with Gasteiger partial charge in [-0.3, -0.25) is 9.78 Å². The zero-order valence-electron chi connectivity index (χ0n) is 26.2. The monoisotopic (exact) mass is 613 g/mol. The lowest BCUT2D eigenvalue weighted by Crippen LogP contribution is -2.36. The number of nitrogens with one attached hydrogen (secondary N) is 2. The van der Waals surface area contributed by atoms with E-state index in [2.05, 4.69) is 81.2 Å². The van der Waals surface area contributed by atoms with Crippen molar-refractivity contribution in [2.24, 2.45) is 5.92 Å². The minimum atomic E-state index is 0.0955. The van der Waals surface area contributed by atoms with Gasteiger partial charge in [0.1, 0.15) is 11.6 Å². The number of ether oxygens (including phenoxy) is 2. The third-order valence-electron chi connectivity index (χ3n) is 9.05. The van der Waals surface area contributed by atoms with Gasteiger partial charge < -0.3 is 25.0 Å². The maximum absolute atomic E-state index is 12.8. The number of morpholine rings is 1. The Morgan fingerprint density at radius 1 is 0.891 bits per heavy atom. The van der Waals surface area contributed by atoms with E-state index in [1.54, 1.807) is 13.3 Å². The predicted octanol–water partition coefficient (Wildman–Crippen LogP) is 7.55. The number of carbonyl (C=O) groups is 1. The van der Waals surface area contributed by atoms with Crippen molar-refractivity contribution in [3.8, 4) is 28.0 Å². The molecule has 1 aliphatic heterocycles. The first-order valence-electron chi connectivity index (χ1n) is 16.1.